The molecule has 0 spiro atoms. The van der Waals surface area contributed by atoms with Crippen LogP contribution in [0.4, 0.5) is 14.4 Å². The highest BCUT2D eigenvalue weighted by Gasteiger charge is 2.22. The number of amides is 3. The fourth-order valence-corrected chi connectivity index (χ4v) is 5.55. The van der Waals surface area contributed by atoms with Gasteiger partial charge >= 0.3 is 18.3 Å². The fraction of sp³-hybridized carbons (Fsp3) is 0.722. The van der Waals surface area contributed by atoms with E-state index in [1.807, 2.05) is 30.3 Å². The van der Waals surface area contributed by atoms with Gasteiger partial charge in [-0.05, 0) is 25.3 Å². The Bertz CT molecular complexity index is 967. The zero-order valence-corrected chi connectivity index (χ0v) is 30.0. The molecule has 0 aliphatic heterocycles. The number of hydrogen-bond donors (Lipinski definition) is 3. The van der Waals surface area contributed by atoms with Crippen LogP contribution in [0.15, 0.2) is 30.3 Å². The molecular weight excluding hydrogens is 618 g/mol. The van der Waals surface area contributed by atoms with E-state index in [1.165, 1.54) is 64.2 Å². The third kappa shape index (κ3) is 24.8. The van der Waals surface area contributed by atoms with E-state index in [-0.39, 0.29) is 24.1 Å². The van der Waals surface area contributed by atoms with Crippen LogP contribution >= 0.6 is 11.8 Å². The number of ether oxygens (including phenoxy) is 3. The molecule has 0 radical (unpaired) electrons. The molecule has 0 saturated carbocycles. The van der Waals surface area contributed by atoms with Crippen molar-refractivity contribution in [3.05, 3.63) is 35.9 Å². The average molecular weight is 680 g/mol. The van der Waals surface area contributed by atoms with E-state index >= 15 is 0 Å². The highest BCUT2D eigenvalue weighted by molar-refractivity contribution is 8.13. The lowest BCUT2D eigenvalue weighted by Gasteiger charge is -2.19. The number of benzene rings is 1. The summed E-state index contributed by atoms with van der Waals surface area (Å²) in [4.78, 5) is 49.8. The summed E-state index contributed by atoms with van der Waals surface area (Å²) >= 11 is 0.894. The van der Waals surface area contributed by atoms with E-state index in [0.29, 0.717) is 13.1 Å². The van der Waals surface area contributed by atoms with E-state index in [2.05, 4.69) is 29.8 Å². The number of alkyl carbamates (subject to hydrolysis) is 3. The molecule has 1 aromatic rings. The molecule has 268 valence electrons. The first-order chi connectivity index (χ1) is 22.8. The Balaban J connectivity index is 2.45. The minimum Gasteiger partial charge on any atom is -0.446 e. The molecule has 0 aliphatic carbocycles. The van der Waals surface area contributed by atoms with Gasteiger partial charge in [0.05, 0.1) is 6.04 Å². The van der Waals surface area contributed by atoms with E-state index in [0.717, 1.165) is 55.9 Å². The van der Waals surface area contributed by atoms with Crippen LogP contribution < -0.4 is 16.0 Å². The lowest BCUT2D eigenvalue weighted by molar-refractivity contribution is -0.112. The molecule has 1 unspecified atom stereocenters. The lowest BCUT2D eigenvalue weighted by Crippen LogP contribution is -2.39. The summed E-state index contributed by atoms with van der Waals surface area (Å²) in [5.41, 5.74) is 0.832. The molecule has 10 nitrogen and oxygen atoms in total. The second-order valence-electron chi connectivity index (χ2n) is 12.0. The maximum absolute atomic E-state index is 12.8. The summed E-state index contributed by atoms with van der Waals surface area (Å²) in [6, 6.07) is 8.40. The summed E-state index contributed by atoms with van der Waals surface area (Å²) in [5, 5.41) is 7.70. The highest BCUT2D eigenvalue weighted by Crippen LogP contribution is 2.13. The molecule has 1 aromatic carbocycles. The molecule has 0 saturated heterocycles. The Labute approximate surface area is 287 Å². The van der Waals surface area contributed by atoms with E-state index < -0.39 is 30.4 Å². The number of rotatable bonds is 27. The number of carbonyl (C=O) groups excluding carboxylic acids is 4. The number of carbonyl (C=O) groups is 4. The monoisotopic (exact) mass is 679 g/mol. The third-order valence-electron chi connectivity index (χ3n) is 7.59. The van der Waals surface area contributed by atoms with Crippen molar-refractivity contribution in [2.75, 3.05) is 25.4 Å². The Morgan fingerprint density at radius 1 is 0.660 bits per heavy atom. The lowest BCUT2D eigenvalue weighted by atomic mass is 10.1. The van der Waals surface area contributed by atoms with Gasteiger partial charge in [-0.25, -0.2) is 14.4 Å². The largest absolute Gasteiger partial charge is 0.446 e. The minimum atomic E-state index is -0.853. The van der Waals surface area contributed by atoms with E-state index in [1.54, 1.807) is 6.92 Å². The summed E-state index contributed by atoms with van der Waals surface area (Å²) in [6.07, 6.45) is 15.8. The van der Waals surface area contributed by atoms with Crippen molar-refractivity contribution >= 4 is 35.2 Å². The van der Waals surface area contributed by atoms with Crippen molar-refractivity contribution in [3.63, 3.8) is 0 Å². The van der Waals surface area contributed by atoms with Crippen LogP contribution in [0.3, 0.4) is 0 Å². The molecule has 3 N–H and O–H groups in total. The number of unbranched alkanes of at least 4 members (excludes halogenated alkanes) is 14. The molecule has 0 heterocycles. The molecule has 1 rings (SSSR count). The van der Waals surface area contributed by atoms with Gasteiger partial charge in [-0.2, -0.15) is 0 Å². The van der Waals surface area contributed by atoms with Gasteiger partial charge < -0.3 is 30.2 Å². The van der Waals surface area contributed by atoms with Crippen LogP contribution in [0.1, 0.15) is 129 Å². The molecule has 0 aromatic heterocycles. The normalized spacial score (nSPS) is 12.1. The van der Waals surface area contributed by atoms with Crippen molar-refractivity contribution < 1.29 is 33.4 Å². The Morgan fingerprint density at radius 3 is 1.72 bits per heavy atom. The number of thioether (sulfide) groups is 1. The fourth-order valence-electron chi connectivity index (χ4n) is 4.73. The van der Waals surface area contributed by atoms with E-state index in [9.17, 15) is 19.2 Å². The zero-order chi connectivity index (χ0) is 34.4. The van der Waals surface area contributed by atoms with Crippen molar-refractivity contribution in [2.45, 2.75) is 142 Å². The topological polar surface area (TPSA) is 132 Å². The predicted molar refractivity (Wildman–Crippen MR) is 190 cm³/mol. The second-order valence-corrected chi connectivity index (χ2v) is 13.0. The summed E-state index contributed by atoms with van der Waals surface area (Å²) in [7, 11) is 0. The number of hydrogen-bond acceptors (Lipinski definition) is 8. The smallest absolute Gasteiger partial charge is 0.408 e. The maximum atomic E-state index is 12.8. The van der Waals surface area contributed by atoms with Gasteiger partial charge in [-0.1, -0.05) is 146 Å². The van der Waals surface area contributed by atoms with Gasteiger partial charge in [-0.15, -0.1) is 0 Å². The maximum Gasteiger partial charge on any atom is 0.408 e. The van der Waals surface area contributed by atoms with Crippen LogP contribution in [0.25, 0.3) is 0 Å². The number of nitrogens with one attached hydrogen (secondary N) is 3. The summed E-state index contributed by atoms with van der Waals surface area (Å²) < 4.78 is 16.1. The first kappa shape index (κ1) is 42.1. The molecule has 2 atom stereocenters. The second kappa shape index (κ2) is 29.2. The van der Waals surface area contributed by atoms with Gasteiger partial charge in [0, 0.05) is 18.8 Å². The van der Waals surface area contributed by atoms with Crippen LogP contribution in [0.5, 0.6) is 0 Å². The zero-order valence-electron chi connectivity index (χ0n) is 29.2. The van der Waals surface area contributed by atoms with Crippen LogP contribution in [0.2, 0.25) is 0 Å². The van der Waals surface area contributed by atoms with Crippen molar-refractivity contribution in [1.29, 1.82) is 0 Å². The first-order valence-corrected chi connectivity index (χ1v) is 18.8. The van der Waals surface area contributed by atoms with Gasteiger partial charge in [0.1, 0.15) is 19.3 Å². The SMILES string of the molecule is CCCCCCCCCCNC(=O)OCC(CSC(=O)[C@@H](C)NC(=O)OCc1ccccc1)OC(=O)NCCCCCCCCCC. The third-order valence-corrected chi connectivity index (χ3v) is 8.76. The van der Waals surface area contributed by atoms with Gasteiger partial charge in [-0.3, -0.25) is 4.79 Å². The summed E-state index contributed by atoms with van der Waals surface area (Å²) in [6.45, 7) is 6.85. The van der Waals surface area contributed by atoms with Crippen molar-refractivity contribution in [2.24, 2.45) is 0 Å². The van der Waals surface area contributed by atoms with Crippen molar-refractivity contribution in [1.82, 2.24) is 16.0 Å². The highest BCUT2D eigenvalue weighted by atomic mass is 32.2. The van der Waals surface area contributed by atoms with Crippen molar-refractivity contribution in [3.8, 4) is 0 Å². The Kier molecular flexibility index (Phi) is 26.1. The molecule has 0 fully saturated rings. The van der Waals surface area contributed by atoms with E-state index in [4.69, 9.17) is 14.2 Å². The molecular formula is C36H61N3O7S. The minimum absolute atomic E-state index is 0.0560. The van der Waals surface area contributed by atoms with Crippen LogP contribution in [-0.2, 0) is 25.6 Å². The van der Waals surface area contributed by atoms with Gasteiger partial charge in [0.15, 0.2) is 0 Å². The van der Waals surface area contributed by atoms with Gasteiger partial charge in [0.2, 0.25) is 5.12 Å². The quantitative estimate of drug-likeness (QED) is 0.0622. The Hall–Kier alpha value is -2.95. The average Bonchev–Trinajstić information content (AvgIpc) is 3.07. The first-order valence-electron chi connectivity index (χ1n) is 17.8. The molecule has 3 amide bonds. The Morgan fingerprint density at radius 2 is 1.17 bits per heavy atom. The molecule has 0 aliphatic rings. The molecule has 0 bridgehead atoms. The summed E-state index contributed by atoms with van der Waals surface area (Å²) in [5.74, 6) is 0.0560. The van der Waals surface area contributed by atoms with Crippen LogP contribution in [-0.4, -0.2) is 61.0 Å². The standard InChI is InChI=1S/C36H61N3O7S/c1-4-6-8-10-12-14-16-21-25-37-34(41)45-28-32(46-35(42)38-26-22-17-15-13-11-9-7-5-2)29-47-33(40)30(3)39-36(43)44-27-31-23-19-18-20-24-31/h18-20,23-24,30,32H,4-17,21-22,25-29H2,1-3H3,(H,37,41)(H,38,42)(H,39,43)/t30-,32?/m1/s1. The molecule has 47 heavy (non-hydrogen) atoms. The van der Waals surface area contributed by atoms with Crippen LogP contribution in [0, 0.1) is 0 Å². The molecule has 11 heteroatoms. The predicted octanol–water partition coefficient (Wildman–Crippen LogP) is 8.66. The van der Waals surface area contributed by atoms with Gasteiger partial charge in [0.25, 0.3) is 0 Å².